The Bertz CT molecular complexity index is 364. The summed E-state index contributed by atoms with van der Waals surface area (Å²) in [4.78, 5) is 9.81. The van der Waals surface area contributed by atoms with Gasteiger partial charge >= 0.3 is 0 Å². The summed E-state index contributed by atoms with van der Waals surface area (Å²) in [6.45, 7) is 5.14. The summed E-state index contributed by atoms with van der Waals surface area (Å²) in [5.74, 6) is 2.97. The number of nitrogens with zero attached hydrogens (tertiary/aromatic N) is 3. The minimum Gasteiger partial charge on any atom is -0.478 e. The van der Waals surface area contributed by atoms with E-state index in [1.165, 1.54) is 38.8 Å². The molecule has 4 heteroatoms. The van der Waals surface area contributed by atoms with Crippen LogP contribution in [-0.2, 0) is 4.74 Å². The Labute approximate surface area is 115 Å². The van der Waals surface area contributed by atoms with Gasteiger partial charge in [-0.3, -0.25) is 9.89 Å². The molecule has 106 valence electrons. The van der Waals surface area contributed by atoms with Crippen molar-refractivity contribution in [1.29, 1.82) is 0 Å². The largest absolute Gasteiger partial charge is 0.478 e. The van der Waals surface area contributed by atoms with E-state index < -0.39 is 0 Å². The molecule has 4 aliphatic rings. The van der Waals surface area contributed by atoms with Gasteiger partial charge in [0.25, 0.3) is 0 Å². The number of hydrogen-bond acceptors (Lipinski definition) is 4. The van der Waals surface area contributed by atoms with Crippen LogP contribution in [-0.4, -0.2) is 67.6 Å². The summed E-state index contributed by atoms with van der Waals surface area (Å²) in [6, 6.07) is 1.25. The van der Waals surface area contributed by atoms with Gasteiger partial charge in [0.2, 0.25) is 5.90 Å². The molecule has 2 heterocycles. The van der Waals surface area contributed by atoms with Gasteiger partial charge in [0.05, 0.1) is 12.6 Å². The molecule has 2 aliphatic heterocycles. The van der Waals surface area contributed by atoms with E-state index in [1.807, 2.05) is 0 Å². The molecule has 0 spiro atoms. The summed E-state index contributed by atoms with van der Waals surface area (Å²) >= 11 is 0. The topological polar surface area (TPSA) is 28.1 Å². The first-order valence-corrected chi connectivity index (χ1v) is 7.94. The van der Waals surface area contributed by atoms with Crippen LogP contribution in [0, 0.1) is 11.8 Å². The highest BCUT2D eigenvalue weighted by molar-refractivity contribution is 5.83. The van der Waals surface area contributed by atoms with Crippen molar-refractivity contribution in [2.24, 2.45) is 16.8 Å². The predicted octanol–water partition coefficient (Wildman–Crippen LogP) is 1.22. The van der Waals surface area contributed by atoms with Gasteiger partial charge in [0, 0.05) is 25.7 Å². The van der Waals surface area contributed by atoms with Crippen LogP contribution in [0.15, 0.2) is 4.99 Å². The third-order valence-electron chi connectivity index (χ3n) is 5.11. The van der Waals surface area contributed by atoms with Gasteiger partial charge in [-0.25, -0.2) is 0 Å². The van der Waals surface area contributed by atoms with Crippen molar-refractivity contribution in [2.45, 2.75) is 37.8 Å². The van der Waals surface area contributed by atoms with Gasteiger partial charge in [0.1, 0.15) is 6.61 Å². The lowest BCUT2D eigenvalue weighted by Gasteiger charge is -2.44. The van der Waals surface area contributed by atoms with Crippen molar-refractivity contribution in [3.8, 4) is 0 Å². The fraction of sp³-hybridized carbons (Fsp3) is 0.933. The lowest BCUT2D eigenvalue weighted by Crippen LogP contribution is -2.59. The van der Waals surface area contributed by atoms with E-state index >= 15 is 0 Å². The Balaban J connectivity index is 1.56. The quantitative estimate of drug-likeness (QED) is 0.763. The number of hydrogen-bond donors (Lipinski definition) is 0. The maximum Gasteiger partial charge on any atom is 0.202 e. The lowest BCUT2D eigenvalue weighted by molar-refractivity contribution is 0.0543. The molecule has 3 fully saturated rings. The van der Waals surface area contributed by atoms with Crippen LogP contribution < -0.4 is 0 Å². The number of likely N-dealkylation sites (N-methyl/N-ethyl adjacent to an activating group) is 1. The fourth-order valence-electron chi connectivity index (χ4n) is 3.87. The second kappa shape index (κ2) is 4.74. The number of rotatable bonds is 4. The van der Waals surface area contributed by atoms with E-state index in [0.29, 0.717) is 6.04 Å². The van der Waals surface area contributed by atoms with Gasteiger partial charge in [-0.1, -0.05) is 0 Å². The van der Waals surface area contributed by atoms with Crippen LogP contribution in [0.5, 0.6) is 0 Å². The van der Waals surface area contributed by atoms with Crippen LogP contribution >= 0.6 is 0 Å². The van der Waals surface area contributed by atoms with Crippen LogP contribution in [0.4, 0.5) is 0 Å². The van der Waals surface area contributed by atoms with Crippen LogP contribution in [0.2, 0.25) is 0 Å². The molecular formula is C15H25N3O. The molecule has 19 heavy (non-hydrogen) atoms. The first kappa shape index (κ1) is 12.2. The zero-order valence-electron chi connectivity index (χ0n) is 11.9. The molecule has 0 N–H and O–H groups in total. The maximum absolute atomic E-state index is 5.80. The van der Waals surface area contributed by atoms with Crippen molar-refractivity contribution >= 4 is 5.90 Å². The Hall–Kier alpha value is -0.610. The molecule has 1 saturated heterocycles. The molecule has 2 saturated carbocycles. The van der Waals surface area contributed by atoms with Crippen LogP contribution in [0.25, 0.3) is 0 Å². The highest BCUT2D eigenvalue weighted by Crippen LogP contribution is 2.48. The molecule has 0 aromatic carbocycles. The molecule has 0 bridgehead atoms. The molecule has 0 radical (unpaired) electrons. The molecule has 4 nitrogen and oxygen atoms in total. The number of piperazine rings is 1. The molecule has 0 aromatic rings. The standard InChI is InChI=1S/C15H25N3O/c1-17-7-8-18(13(10-17)15-16-6-9-19-15)14(11-2-3-11)12-4-5-12/h11-14H,2-10H2,1H3. The molecular weight excluding hydrogens is 238 g/mol. The minimum absolute atomic E-state index is 0.424. The van der Waals surface area contributed by atoms with E-state index in [0.717, 1.165) is 43.5 Å². The molecule has 0 aromatic heterocycles. The first-order chi connectivity index (χ1) is 9.33. The molecule has 1 unspecified atom stereocenters. The smallest absolute Gasteiger partial charge is 0.202 e. The average molecular weight is 263 g/mol. The summed E-state index contributed by atoms with van der Waals surface area (Å²) in [6.07, 6.45) is 5.81. The van der Waals surface area contributed by atoms with Crippen LogP contribution in [0.1, 0.15) is 25.7 Å². The zero-order chi connectivity index (χ0) is 12.8. The van der Waals surface area contributed by atoms with Crippen LogP contribution in [0.3, 0.4) is 0 Å². The lowest BCUT2D eigenvalue weighted by atomic mass is 10.0. The van der Waals surface area contributed by atoms with Crippen molar-refractivity contribution in [3.05, 3.63) is 0 Å². The summed E-state index contributed by atoms with van der Waals surface area (Å²) in [7, 11) is 2.23. The van der Waals surface area contributed by atoms with E-state index in [9.17, 15) is 0 Å². The first-order valence-electron chi connectivity index (χ1n) is 7.94. The maximum atomic E-state index is 5.80. The Morgan fingerprint density at radius 1 is 1.16 bits per heavy atom. The van der Waals surface area contributed by atoms with E-state index in [1.54, 1.807) is 0 Å². The fourth-order valence-corrected chi connectivity index (χ4v) is 3.87. The van der Waals surface area contributed by atoms with Gasteiger partial charge in [-0.15, -0.1) is 0 Å². The SMILES string of the molecule is CN1CCN(C(C2CC2)C2CC2)C(C2=NCCO2)C1. The van der Waals surface area contributed by atoms with Crippen molar-refractivity contribution in [2.75, 3.05) is 39.8 Å². The van der Waals surface area contributed by atoms with Gasteiger partial charge < -0.3 is 9.64 Å². The summed E-state index contributed by atoms with van der Waals surface area (Å²) in [5, 5.41) is 0. The summed E-state index contributed by atoms with van der Waals surface area (Å²) in [5.41, 5.74) is 0. The van der Waals surface area contributed by atoms with Crippen molar-refractivity contribution in [3.63, 3.8) is 0 Å². The molecule has 2 aliphatic carbocycles. The molecule has 1 atom stereocenters. The number of aliphatic imine (C=N–C) groups is 1. The van der Waals surface area contributed by atoms with Gasteiger partial charge in [-0.2, -0.15) is 0 Å². The average Bonchev–Trinajstić information content (AvgIpc) is 3.34. The normalized spacial score (nSPS) is 33.6. The third-order valence-corrected chi connectivity index (χ3v) is 5.11. The monoisotopic (exact) mass is 263 g/mol. The highest BCUT2D eigenvalue weighted by Gasteiger charge is 2.48. The minimum atomic E-state index is 0.424. The van der Waals surface area contributed by atoms with Crippen molar-refractivity contribution in [1.82, 2.24) is 9.80 Å². The van der Waals surface area contributed by atoms with Crippen molar-refractivity contribution < 1.29 is 4.74 Å². The second-order valence-corrected chi connectivity index (χ2v) is 6.75. The predicted molar refractivity (Wildman–Crippen MR) is 75.5 cm³/mol. The van der Waals surface area contributed by atoms with Gasteiger partial charge in [0.15, 0.2) is 0 Å². The Kier molecular flexibility index (Phi) is 3.03. The zero-order valence-corrected chi connectivity index (χ0v) is 11.9. The second-order valence-electron chi connectivity index (χ2n) is 6.75. The van der Waals surface area contributed by atoms with E-state index in [-0.39, 0.29) is 0 Å². The summed E-state index contributed by atoms with van der Waals surface area (Å²) < 4.78 is 5.80. The number of ether oxygens (including phenoxy) is 1. The third kappa shape index (κ3) is 2.40. The van der Waals surface area contributed by atoms with E-state index in [4.69, 9.17) is 4.74 Å². The Morgan fingerprint density at radius 2 is 1.89 bits per heavy atom. The Morgan fingerprint density at radius 3 is 2.47 bits per heavy atom. The molecule has 0 amide bonds. The van der Waals surface area contributed by atoms with Gasteiger partial charge in [-0.05, 0) is 44.6 Å². The van der Waals surface area contributed by atoms with E-state index in [2.05, 4.69) is 21.8 Å². The highest BCUT2D eigenvalue weighted by atomic mass is 16.5. The molecule has 4 rings (SSSR count).